The van der Waals surface area contributed by atoms with Crippen LogP contribution in [0.3, 0.4) is 0 Å². The zero-order valence-corrected chi connectivity index (χ0v) is 48.8. The molecule has 87 heavy (non-hydrogen) atoms. The molecule has 0 radical (unpaired) electrons. The van der Waals surface area contributed by atoms with Crippen molar-refractivity contribution in [3.63, 3.8) is 0 Å². The van der Waals surface area contributed by atoms with Gasteiger partial charge in [-0.2, -0.15) is 0 Å². The van der Waals surface area contributed by atoms with E-state index in [1.165, 1.54) is 172 Å². The van der Waals surface area contributed by atoms with E-state index in [1.807, 2.05) is 22.7 Å². The number of hydrogen-bond donors (Lipinski definition) is 0. The van der Waals surface area contributed by atoms with Gasteiger partial charge in [0.1, 0.15) is 0 Å². The minimum atomic E-state index is 1.14. The fourth-order valence-electron chi connectivity index (χ4n) is 14.0. The second-order valence-corrected chi connectivity index (χ2v) is 25.1. The van der Waals surface area contributed by atoms with E-state index in [2.05, 4.69) is 314 Å². The maximum absolute atomic E-state index is 2.52. The molecule has 404 valence electrons. The largest absolute Gasteiger partial charge is 0.309 e. The summed E-state index contributed by atoms with van der Waals surface area (Å²) in [4.78, 5) is 0. The number of thiophene rings is 2. The number of nitrogens with zero attached hydrogens (tertiary/aromatic N) is 1. The zero-order chi connectivity index (χ0) is 57.1. The lowest BCUT2D eigenvalue weighted by Gasteiger charge is -2.14. The van der Waals surface area contributed by atoms with Crippen LogP contribution in [0.4, 0.5) is 0 Å². The van der Waals surface area contributed by atoms with E-state index in [0.717, 1.165) is 5.69 Å². The summed E-state index contributed by atoms with van der Waals surface area (Å²) in [6.45, 7) is 0. The molecule has 0 aliphatic carbocycles. The van der Waals surface area contributed by atoms with E-state index >= 15 is 0 Å². The molecule has 0 fully saturated rings. The van der Waals surface area contributed by atoms with Crippen LogP contribution in [0.1, 0.15) is 0 Å². The lowest BCUT2D eigenvalue weighted by molar-refractivity contribution is 1.19. The van der Waals surface area contributed by atoms with Crippen molar-refractivity contribution >= 4 is 117 Å². The maximum Gasteiger partial charge on any atom is 0.0541 e. The Balaban J connectivity index is 0.915. The molecule has 0 aliphatic heterocycles. The van der Waals surface area contributed by atoms with Gasteiger partial charge in [-0.3, -0.25) is 0 Å². The SMILES string of the molecule is c1ccc(-c2ccc3sc4c(-c5ccc6c(c5)c5cc(-c7cc(-c8ccccc8)cc8c7sc7c(-c9ccccc9)cc(-c9ccccc9)cc78)ccc5n6-c5ccc6c7ccccc7c7ccccc7c6c5)cc(-c5ccccc5)cc4c3c2)cc1. The molecule has 0 saturated carbocycles. The molecule has 3 heteroatoms. The molecule has 0 unspecified atom stereocenters. The highest BCUT2D eigenvalue weighted by Gasteiger charge is 2.23. The Kier molecular flexibility index (Phi) is 11.4. The van der Waals surface area contributed by atoms with Crippen molar-refractivity contribution in [1.82, 2.24) is 4.57 Å². The third kappa shape index (κ3) is 8.12. The van der Waals surface area contributed by atoms with Crippen molar-refractivity contribution in [2.75, 3.05) is 0 Å². The Hall–Kier alpha value is -10.7. The summed E-state index contributed by atoms with van der Waals surface area (Å²) >= 11 is 3.82. The third-order valence-electron chi connectivity index (χ3n) is 18.1. The van der Waals surface area contributed by atoms with Crippen LogP contribution in [-0.2, 0) is 0 Å². The van der Waals surface area contributed by atoms with Gasteiger partial charge in [0.25, 0.3) is 0 Å². The highest BCUT2D eigenvalue weighted by molar-refractivity contribution is 7.27. The Morgan fingerprint density at radius 1 is 0.184 bits per heavy atom. The molecule has 18 rings (SSSR count). The van der Waals surface area contributed by atoms with Gasteiger partial charge in [0.2, 0.25) is 0 Å². The molecule has 3 heterocycles. The highest BCUT2D eigenvalue weighted by Crippen LogP contribution is 2.50. The van der Waals surface area contributed by atoms with Crippen LogP contribution in [0.2, 0.25) is 0 Å². The topological polar surface area (TPSA) is 4.93 Å². The second-order valence-electron chi connectivity index (χ2n) is 23.1. The molecule has 18 aromatic rings. The van der Waals surface area contributed by atoms with E-state index < -0.39 is 0 Å². The predicted molar refractivity (Wildman–Crippen MR) is 377 cm³/mol. The minimum Gasteiger partial charge on any atom is -0.309 e. The smallest absolute Gasteiger partial charge is 0.0541 e. The summed E-state index contributed by atoms with van der Waals surface area (Å²) in [7, 11) is 0. The first-order chi connectivity index (χ1) is 43.1. The molecular formula is C84H51NS2. The fraction of sp³-hybridized carbons (Fsp3) is 0. The van der Waals surface area contributed by atoms with E-state index in [1.54, 1.807) is 0 Å². The number of benzene rings is 15. The summed E-state index contributed by atoms with van der Waals surface area (Å²) in [5.41, 5.74) is 20.5. The molecule has 0 bridgehead atoms. The van der Waals surface area contributed by atoms with Crippen molar-refractivity contribution < 1.29 is 0 Å². The van der Waals surface area contributed by atoms with Gasteiger partial charge in [0.15, 0.2) is 0 Å². The molecule has 0 saturated heterocycles. The molecule has 0 spiro atoms. The molecular weight excluding hydrogens is 1090 g/mol. The summed E-state index contributed by atoms with van der Waals surface area (Å²) in [6.07, 6.45) is 0. The van der Waals surface area contributed by atoms with Crippen LogP contribution in [0.5, 0.6) is 0 Å². The van der Waals surface area contributed by atoms with Crippen LogP contribution in [0.15, 0.2) is 309 Å². The van der Waals surface area contributed by atoms with Gasteiger partial charge in [-0.05, 0) is 178 Å². The minimum absolute atomic E-state index is 1.14. The Labute approximate surface area is 511 Å². The standard InChI is InChI=1S/C84H51NS2/c1-6-20-52(21-7-1)57-36-41-81-75(42-57)76-48-61(54-24-10-3-11-25-54)46-70(82(76)86-81)58-34-39-79-73(43-58)74-44-59(35-40-80(74)85(79)63-37-38-68-66-32-17-16-30-64(66)65-31-18-19-33-67(65)72(68)51-63)71-47-62(55-26-12-4-13-27-55)50-78-77-49-60(53-22-8-2-9-23-53)45-69(83(77)87-84(71)78)56-28-14-5-15-29-56/h1-51H. The van der Waals surface area contributed by atoms with Gasteiger partial charge in [0, 0.05) is 73.5 Å². The number of hydrogen-bond acceptors (Lipinski definition) is 2. The monoisotopic (exact) mass is 1140 g/mol. The second kappa shape index (κ2) is 20.0. The molecule has 0 aliphatic rings. The van der Waals surface area contributed by atoms with Crippen LogP contribution in [-0.4, -0.2) is 4.57 Å². The van der Waals surface area contributed by atoms with Crippen molar-refractivity contribution in [2.45, 2.75) is 0 Å². The number of fused-ring (bicyclic) bond motifs is 15. The maximum atomic E-state index is 2.52. The van der Waals surface area contributed by atoms with Gasteiger partial charge in [-0.1, -0.05) is 224 Å². The van der Waals surface area contributed by atoms with E-state index in [0.29, 0.717) is 0 Å². The summed E-state index contributed by atoms with van der Waals surface area (Å²) in [5.74, 6) is 0. The fourth-order valence-corrected chi connectivity index (χ4v) is 16.5. The van der Waals surface area contributed by atoms with E-state index in [9.17, 15) is 0 Å². The molecule has 15 aromatic carbocycles. The first-order valence-electron chi connectivity index (χ1n) is 29.9. The van der Waals surface area contributed by atoms with Crippen molar-refractivity contribution in [1.29, 1.82) is 0 Å². The summed E-state index contributed by atoms with van der Waals surface area (Å²) < 4.78 is 7.68. The summed E-state index contributed by atoms with van der Waals surface area (Å²) in [5, 5.41) is 15.1. The molecule has 1 nitrogen and oxygen atoms in total. The molecule has 0 N–H and O–H groups in total. The lowest BCUT2D eigenvalue weighted by atomic mass is 9.92. The van der Waals surface area contributed by atoms with Gasteiger partial charge in [-0.25, -0.2) is 0 Å². The average molecular weight is 1140 g/mol. The van der Waals surface area contributed by atoms with Crippen molar-refractivity contribution in [3.8, 4) is 83.6 Å². The first-order valence-corrected chi connectivity index (χ1v) is 31.5. The third-order valence-corrected chi connectivity index (χ3v) is 20.6. The van der Waals surface area contributed by atoms with Gasteiger partial charge in [0.05, 0.1) is 11.0 Å². The molecule has 3 aromatic heterocycles. The quantitative estimate of drug-likeness (QED) is 0.134. The summed E-state index contributed by atoms with van der Waals surface area (Å²) in [6, 6.07) is 116. The van der Waals surface area contributed by atoms with Crippen LogP contribution in [0, 0.1) is 0 Å². The Morgan fingerprint density at radius 3 is 1.00 bits per heavy atom. The number of aromatic nitrogens is 1. The van der Waals surface area contributed by atoms with Crippen molar-refractivity contribution in [3.05, 3.63) is 309 Å². The normalized spacial score (nSPS) is 11.9. The van der Waals surface area contributed by atoms with Crippen LogP contribution in [0.25, 0.3) is 178 Å². The zero-order valence-electron chi connectivity index (χ0n) is 47.2. The van der Waals surface area contributed by atoms with Crippen LogP contribution >= 0.6 is 22.7 Å². The molecule has 0 amide bonds. The van der Waals surface area contributed by atoms with Crippen LogP contribution < -0.4 is 0 Å². The first kappa shape index (κ1) is 49.7. The van der Waals surface area contributed by atoms with E-state index in [4.69, 9.17) is 0 Å². The predicted octanol–water partition coefficient (Wildman–Crippen LogP) is 24.6. The average Bonchev–Trinajstić information content (AvgIpc) is 1.97. The molecule has 0 atom stereocenters. The Morgan fingerprint density at radius 2 is 0.529 bits per heavy atom. The van der Waals surface area contributed by atoms with Gasteiger partial charge < -0.3 is 4.57 Å². The van der Waals surface area contributed by atoms with Crippen molar-refractivity contribution in [2.24, 2.45) is 0 Å². The lowest BCUT2D eigenvalue weighted by Crippen LogP contribution is -1.95. The number of rotatable bonds is 8. The van der Waals surface area contributed by atoms with E-state index in [-0.39, 0.29) is 0 Å². The van der Waals surface area contributed by atoms with Gasteiger partial charge >= 0.3 is 0 Å². The highest BCUT2D eigenvalue weighted by atomic mass is 32.1. The Bertz CT molecular complexity index is 5740. The van der Waals surface area contributed by atoms with Gasteiger partial charge in [-0.15, -0.1) is 22.7 Å².